The van der Waals surface area contributed by atoms with Crippen molar-refractivity contribution in [3.8, 4) is 0 Å². The van der Waals surface area contributed by atoms with Crippen LogP contribution in [0.25, 0.3) is 10.9 Å². The van der Waals surface area contributed by atoms with Crippen molar-refractivity contribution in [2.45, 2.75) is 17.9 Å². The predicted molar refractivity (Wildman–Crippen MR) is 105 cm³/mol. The molecule has 0 aliphatic carbocycles. The maximum atomic E-state index is 12.4. The highest BCUT2D eigenvalue weighted by Crippen LogP contribution is 2.23. The Kier molecular flexibility index (Phi) is 4.79. The van der Waals surface area contributed by atoms with Crippen molar-refractivity contribution in [3.63, 3.8) is 0 Å². The largest absolute Gasteiger partial charge is 0.348 e. The highest BCUT2D eigenvalue weighted by molar-refractivity contribution is 7.89. The second kappa shape index (κ2) is 7.38. The number of imidazole rings is 1. The molecule has 2 aromatic carbocycles. The zero-order chi connectivity index (χ0) is 18.7. The molecule has 2 aromatic heterocycles. The van der Waals surface area contributed by atoms with Crippen molar-refractivity contribution in [3.05, 3.63) is 84.6 Å². The molecule has 4 rings (SSSR count). The topological polar surface area (TPSA) is 79.8 Å². The van der Waals surface area contributed by atoms with E-state index in [9.17, 15) is 8.42 Å². The van der Waals surface area contributed by atoms with Gasteiger partial charge in [0.15, 0.2) is 0 Å². The Labute approximate surface area is 157 Å². The van der Waals surface area contributed by atoms with E-state index in [2.05, 4.69) is 31.5 Å². The number of hydrogen-bond acceptors (Lipinski definition) is 3. The van der Waals surface area contributed by atoms with E-state index in [1.54, 1.807) is 36.5 Å². The molecule has 0 spiro atoms. The van der Waals surface area contributed by atoms with Crippen LogP contribution in [-0.2, 0) is 23.0 Å². The van der Waals surface area contributed by atoms with Crippen molar-refractivity contribution in [2.24, 2.45) is 0 Å². The number of fused-ring (bicyclic) bond motifs is 1. The monoisotopic (exact) mass is 380 g/mol. The zero-order valence-electron chi connectivity index (χ0n) is 14.7. The Hall–Kier alpha value is -2.90. The molecule has 6 nitrogen and oxygen atoms in total. The molecular weight excluding hydrogens is 360 g/mol. The minimum atomic E-state index is -3.50. The molecular formula is C20H20N4O2S. The molecule has 4 aromatic rings. The van der Waals surface area contributed by atoms with Gasteiger partial charge in [-0.25, -0.2) is 18.1 Å². The Balaban J connectivity index is 1.52. The van der Waals surface area contributed by atoms with Gasteiger partial charge in [0.1, 0.15) is 5.82 Å². The molecule has 27 heavy (non-hydrogen) atoms. The summed E-state index contributed by atoms with van der Waals surface area (Å²) >= 11 is 0. The van der Waals surface area contributed by atoms with Gasteiger partial charge in [-0.05, 0) is 23.8 Å². The van der Waals surface area contributed by atoms with E-state index in [0.717, 1.165) is 22.3 Å². The van der Waals surface area contributed by atoms with E-state index in [0.29, 0.717) is 19.5 Å². The van der Waals surface area contributed by atoms with Crippen LogP contribution in [-0.4, -0.2) is 29.5 Å². The molecule has 7 heteroatoms. The van der Waals surface area contributed by atoms with Crippen LogP contribution < -0.4 is 4.72 Å². The van der Waals surface area contributed by atoms with Gasteiger partial charge in [0, 0.05) is 49.0 Å². The summed E-state index contributed by atoms with van der Waals surface area (Å²) in [4.78, 5) is 7.71. The van der Waals surface area contributed by atoms with Gasteiger partial charge in [0.25, 0.3) is 0 Å². The fourth-order valence-corrected chi connectivity index (χ4v) is 4.25. The molecule has 0 amide bonds. The van der Waals surface area contributed by atoms with Crippen LogP contribution in [0.4, 0.5) is 0 Å². The molecule has 0 saturated heterocycles. The average molecular weight is 380 g/mol. The smallest absolute Gasteiger partial charge is 0.240 e. The van der Waals surface area contributed by atoms with Crippen LogP contribution in [0.2, 0.25) is 0 Å². The lowest BCUT2D eigenvalue weighted by atomic mass is 10.1. The molecule has 2 heterocycles. The summed E-state index contributed by atoms with van der Waals surface area (Å²) in [5.74, 6) is 0.905. The third-order valence-electron chi connectivity index (χ3n) is 4.48. The molecule has 0 aliphatic rings. The number of para-hydroxylation sites is 1. The summed E-state index contributed by atoms with van der Waals surface area (Å²) in [7, 11) is -3.50. The van der Waals surface area contributed by atoms with Crippen LogP contribution >= 0.6 is 0 Å². The Morgan fingerprint density at radius 2 is 1.81 bits per heavy atom. The number of rotatable bonds is 7. The predicted octanol–water partition coefficient (Wildman–Crippen LogP) is 2.93. The normalized spacial score (nSPS) is 11.9. The van der Waals surface area contributed by atoms with Gasteiger partial charge in [-0.3, -0.25) is 0 Å². The van der Waals surface area contributed by atoms with Gasteiger partial charge in [0.05, 0.1) is 4.90 Å². The van der Waals surface area contributed by atoms with Crippen LogP contribution in [0.1, 0.15) is 11.4 Å². The van der Waals surface area contributed by atoms with Gasteiger partial charge in [-0.15, -0.1) is 0 Å². The van der Waals surface area contributed by atoms with E-state index < -0.39 is 10.0 Å². The first-order valence-electron chi connectivity index (χ1n) is 8.73. The summed E-state index contributed by atoms with van der Waals surface area (Å²) in [5.41, 5.74) is 2.24. The molecule has 2 N–H and O–H groups in total. The highest BCUT2D eigenvalue weighted by atomic mass is 32.2. The number of nitrogens with one attached hydrogen (secondary N) is 2. The standard InChI is InChI=1S/C20H20N4O2S/c25-27(26,17-6-2-1-3-7-17)23-12-13-24-15-16(14-20-21-10-11-22-20)18-8-4-5-9-19(18)24/h1-11,15,23H,12-14H2,(H,21,22). The fourth-order valence-electron chi connectivity index (χ4n) is 3.21. The minimum absolute atomic E-state index is 0.279. The number of aromatic amines is 1. The van der Waals surface area contributed by atoms with Gasteiger partial charge in [-0.2, -0.15) is 0 Å². The number of sulfonamides is 1. The second-order valence-corrected chi connectivity index (χ2v) is 8.06. The Morgan fingerprint density at radius 1 is 1.04 bits per heavy atom. The quantitative estimate of drug-likeness (QED) is 0.517. The minimum Gasteiger partial charge on any atom is -0.348 e. The highest BCUT2D eigenvalue weighted by Gasteiger charge is 2.14. The van der Waals surface area contributed by atoms with Crippen LogP contribution in [0, 0.1) is 0 Å². The van der Waals surface area contributed by atoms with Crippen molar-refractivity contribution in [1.82, 2.24) is 19.3 Å². The summed E-state index contributed by atoms with van der Waals surface area (Å²) in [6.45, 7) is 0.862. The van der Waals surface area contributed by atoms with Gasteiger partial charge >= 0.3 is 0 Å². The van der Waals surface area contributed by atoms with E-state index in [1.807, 2.05) is 24.4 Å². The number of H-pyrrole nitrogens is 1. The maximum absolute atomic E-state index is 12.4. The second-order valence-electron chi connectivity index (χ2n) is 6.29. The van der Waals surface area contributed by atoms with Crippen molar-refractivity contribution in [2.75, 3.05) is 6.54 Å². The third kappa shape index (κ3) is 3.79. The SMILES string of the molecule is O=S(=O)(NCCn1cc(Cc2ncc[nH]2)c2ccccc21)c1ccccc1. The lowest BCUT2D eigenvalue weighted by Crippen LogP contribution is -2.27. The number of benzene rings is 2. The number of hydrogen-bond donors (Lipinski definition) is 2. The van der Waals surface area contributed by atoms with Crippen molar-refractivity contribution in [1.29, 1.82) is 0 Å². The van der Waals surface area contributed by atoms with Crippen LogP contribution in [0.15, 0.2) is 78.1 Å². The molecule has 0 fully saturated rings. The maximum Gasteiger partial charge on any atom is 0.240 e. The lowest BCUT2D eigenvalue weighted by Gasteiger charge is -2.08. The Bertz CT molecular complexity index is 1130. The summed E-state index contributed by atoms with van der Waals surface area (Å²) in [5, 5.41) is 1.15. The summed E-state index contributed by atoms with van der Waals surface area (Å²) < 4.78 is 29.5. The van der Waals surface area contributed by atoms with Crippen LogP contribution in [0.3, 0.4) is 0 Å². The van der Waals surface area contributed by atoms with Gasteiger partial charge in [0.2, 0.25) is 10.0 Å². The number of aromatic nitrogens is 3. The fraction of sp³-hybridized carbons (Fsp3) is 0.150. The molecule has 138 valence electrons. The molecule has 0 atom stereocenters. The van der Waals surface area contributed by atoms with Crippen molar-refractivity contribution >= 4 is 20.9 Å². The van der Waals surface area contributed by atoms with E-state index in [1.165, 1.54) is 0 Å². The first-order valence-corrected chi connectivity index (χ1v) is 10.2. The average Bonchev–Trinajstić information content (AvgIpc) is 3.32. The first-order chi connectivity index (χ1) is 13.1. The summed E-state index contributed by atoms with van der Waals surface area (Å²) in [6, 6.07) is 16.5. The Morgan fingerprint density at radius 3 is 2.59 bits per heavy atom. The molecule has 0 aliphatic heterocycles. The van der Waals surface area contributed by atoms with Crippen molar-refractivity contribution < 1.29 is 8.42 Å². The lowest BCUT2D eigenvalue weighted by molar-refractivity contribution is 0.574. The molecule has 0 saturated carbocycles. The summed E-state index contributed by atoms with van der Waals surface area (Å²) in [6.07, 6.45) is 6.33. The molecule has 0 unspecified atom stereocenters. The van der Waals surface area contributed by atoms with Gasteiger partial charge in [-0.1, -0.05) is 36.4 Å². The zero-order valence-corrected chi connectivity index (χ0v) is 15.5. The van der Waals surface area contributed by atoms with E-state index in [-0.39, 0.29) is 4.90 Å². The number of nitrogens with zero attached hydrogens (tertiary/aromatic N) is 2. The van der Waals surface area contributed by atoms with Crippen LogP contribution in [0.5, 0.6) is 0 Å². The third-order valence-corrected chi connectivity index (χ3v) is 5.96. The molecule has 0 radical (unpaired) electrons. The molecule has 0 bridgehead atoms. The van der Waals surface area contributed by atoms with E-state index >= 15 is 0 Å². The van der Waals surface area contributed by atoms with E-state index in [4.69, 9.17) is 0 Å². The first kappa shape index (κ1) is 17.5. The van der Waals surface area contributed by atoms with Gasteiger partial charge < -0.3 is 9.55 Å².